The summed E-state index contributed by atoms with van der Waals surface area (Å²) >= 11 is 0. The van der Waals surface area contributed by atoms with Gasteiger partial charge in [-0.2, -0.15) is 0 Å². The molecular formula is C24H27N3O3. The maximum Gasteiger partial charge on any atom is 0.155 e. The van der Waals surface area contributed by atoms with Crippen molar-refractivity contribution in [3.05, 3.63) is 65.9 Å². The number of ether oxygens (including phenoxy) is 1. The molecule has 6 heteroatoms. The van der Waals surface area contributed by atoms with Crippen molar-refractivity contribution in [2.75, 3.05) is 13.7 Å². The van der Waals surface area contributed by atoms with Crippen LogP contribution in [-0.4, -0.2) is 28.7 Å². The molecule has 0 aliphatic heterocycles. The average molecular weight is 405 g/mol. The van der Waals surface area contributed by atoms with E-state index in [9.17, 15) is 0 Å². The molecule has 0 spiro atoms. The SMILES string of the molecule is COCCCc1ccc2oc(-c3cc4cccn4cn3)cc(=NOC(C)(C)C)c2c1. The van der Waals surface area contributed by atoms with Crippen molar-refractivity contribution in [2.45, 2.75) is 39.2 Å². The fourth-order valence-corrected chi connectivity index (χ4v) is 3.25. The van der Waals surface area contributed by atoms with E-state index in [0.29, 0.717) is 5.76 Å². The molecule has 0 aliphatic carbocycles. The highest BCUT2D eigenvalue weighted by molar-refractivity contribution is 5.79. The maximum absolute atomic E-state index is 6.21. The Hall–Kier alpha value is -3.12. The normalized spacial score (nSPS) is 12.7. The summed E-state index contributed by atoms with van der Waals surface area (Å²) in [6.07, 6.45) is 5.64. The van der Waals surface area contributed by atoms with Gasteiger partial charge in [-0.1, -0.05) is 11.2 Å². The number of aromatic nitrogens is 2. The third kappa shape index (κ3) is 4.54. The first-order valence-electron chi connectivity index (χ1n) is 10.1. The second-order valence-electron chi connectivity index (χ2n) is 8.33. The van der Waals surface area contributed by atoms with Gasteiger partial charge in [0.15, 0.2) is 5.76 Å². The molecule has 0 saturated heterocycles. The van der Waals surface area contributed by atoms with Crippen LogP contribution in [0.15, 0.2) is 64.6 Å². The standard InChI is InChI=1S/C24H27N3O3/c1-24(2,3)30-26-20-15-23(21-14-18-8-5-11-27(18)16-25-21)29-22-10-9-17(13-19(20)22)7-6-12-28-4/h5,8-11,13-16H,6-7,12H2,1-4H3. The lowest BCUT2D eigenvalue weighted by Crippen LogP contribution is -2.18. The first kappa shape index (κ1) is 20.2. The lowest BCUT2D eigenvalue weighted by molar-refractivity contribution is -0.00585. The van der Waals surface area contributed by atoms with Crippen LogP contribution >= 0.6 is 0 Å². The third-order valence-electron chi connectivity index (χ3n) is 4.71. The number of benzene rings is 1. The van der Waals surface area contributed by atoms with E-state index in [-0.39, 0.29) is 0 Å². The highest BCUT2D eigenvalue weighted by Gasteiger charge is 2.13. The zero-order valence-corrected chi connectivity index (χ0v) is 17.9. The minimum atomic E-state index is -0.390. The minimum absolute atomic E-state index is 0.390. The van der Waals surface area contributed by atoms with Gasteiger partial charge in [0.25, 0.3) is 0 Å². The van der Waals surface area contributed by atoms with E-state index in [4.69, 9.17) is 14.0 Å². The van der Waals surface area contributed by atoms with E-state index >= 15 is 0 Å². The van der Waals surface area contributed by atoms with Crippen molar-refractivity contribution in [1.29, 1.82) is 0 Å². The third-order valence-corrected chi connectivity index (χ3v) is 4.71. The summed E-state index contributed by atoms with van der Waals surface area (Å²) in [5, 5.41) is 6.11. The predicted molar refractivity (Wildman–Crippen MR) is 117 cm³/mol. The molecule has 0 atom stereocenters. The zero-order chi connectivity index (χ0) is 21.1. The molecule has 30 heavy (non-hydrogen) atoms. The molecule has 0 unspecified atom stereocenters. The van der Waals surface area contributed by atoms with Gasteiger partial charge in [0.05, 0.1) is 6.33 Å². The molecule has 0 saturated carbocycles. The van der Waals surface area contributed by atoms with Crippen LogP contribution in [0.3, 0.4) is 0 Å². The van der Waals surface area contributed by atoms with Crippen LogP contribution in [0.2, 0.25) is 0 Å². The summed E-state index contributed by atoms with van der Waals surface area (Å²) in [4.78, 5) is 10.3. The largest absolute Gasteiger partial charge is 0.454 e. The van der Waals surface area contributed by atoms with E-state index in [1.807, 2.05) is 61.7 Å². The van der Waals surface area contributed by atoms with Crippen molar-refractivity contribution >= 4 is 16.5 Å². The molecule has 3 heterocycles. The van der Waals surface area contributed by atoms with Crippen LogP contribution < -0.4 is 5.36 Å². The van der Waals surface area contributed by atoms with Crippen LogP contribution in [0, 0.1) is 0 Å². The summed E-state index contributed by atoms with van der Waals surface area (Å²) in [5.74, 6) is 0.648. The van der Waals surface area contributed by atoms with Crippen molar-refractivity contribution < 1.29 is 14.0 Å². The fraction of sp³-hybridized carbons (Fsp3) is 0.333. The molecule has 0 fully saturated rings. The second-order valence-corrected chi connectivity index (χ2v) is 8.33. The van der Waals surface area contributed by atoms with Crippen molar-refractivity contribution in [2.24, 2.45) is 5.16 Å². The quantitative estimate of drug-likeness (QED) is 0.336. The molecule has 4 rings (SSSR count). The van der Waals surface area contributed by atoms with Gasteiger partial charge in [0.1, 0.15) is 22.2 Å². The first-order chi connectivity index (χ1) is 14.4. The smallest absolute Gasteiger partial charge is 0.155 e. The maximum atomic E-state index is 6.21. The monoisotopic (exact) mass is 405 g/mol. The van der Waals surface area contributed by atoms with Gasteiger partial charge in [-0.15, -0.1) is 0 Å². The second kappa shape index (κ2) is 8.32. The fourth-order valence-electron chi connectivity index (χ4n) is 3.25. The van der Waals surface area contributed by atoms with Crippen molar-refractivity contribution in [3.8, 4) is 11.5 Å². The Morgan fingerprint density at radius 1 is 1.13 bits per heavy atom. The lowest BCUT2D eigenvalue weighted by Gasteiger charge is -2.15. The Morgan fingerprint density at radius 3 is 2.80 bits per heavy atom. The molecular weight excluding hydrogens is 378 g/mol. The molecule has 4 aromatic rings. The molecule has 0 amide bonds. The van der Waals surface area contributed by atoms with E-state index in [0.717, 1.165) is 47.0 Å². The lowest BCUT2D eigenvalue weighted by atomic mass is 10.1. The van der Waals surface area contributed by atoms with Gasteiger partial charge in [0.2, 0.25) is 0 Å². The van der Waals surface area contributed by atoms with E-state index in [1.165, 1.54) is 5.56 Å². The van der Waals surface area contributed by atoms with Crippen molar-refractivity contribution in [3.63, 3.8) is 0 Å². The number of rotatable bonds is 6. The molecule has 6 nitrogen and oxygen atoms in total. The highest BCUT2D eigenvalue weighted by atomic mass is 16.6. The van der Waals surface area contributed by atoms with Gasteiger partial charge in [-0.3, -0.25) is 0 Å². The molecule has 3 aromatic heterocycles. The van der Waals surface area contributed by atoms with Crippen LogP contribution in [0.4, 0.5) is 0 Å². The summed E-state index contributed by atoms with van der Waals surface area (Å²) in [6.45, 7) is 6.67. The topological polar surface area (TPSA) is 61.3 Å². The number of fused-ring (bicyclic) bond motifs is 2. The Balaban J connectivity index is 1.83. The number of hydrogen-bond acceptors (Lipinski definition) is 5. The van der Waals surface area contributed by atoms with E-state index < -0.39 is 5.60 Å². The Morgan fingerprint density at radius 2 is 2.00 bits per heavy atom. The summed E-state index contributed by atoms with van der Waals surface area (Å²) in [6, 6.07) is 14.1. The van der Waals surface area contributed by atoms with Gasteiger partial charge >= 0.3 is 0 Å². The van der Waals surface area contributed by atoms with Gasteiger partial charge in [-0.25, -0.2) is 4.98 Å². The molecule has 0 radical (unpaired) electrons. The molecule has 0 aliphatic rings. The Labute approximate surface area is 175 Å². The summed E-state index contributed by atoms with van der Waals surface area (Å²) < 4.78 is 13.4. The summed E-state index contributed by atoms with van der Waals surface area (Å²) in [7, 11) is 1.72. The average Bonchev–Trinajstić information content (AvgIpc) is 3.19. The molecule has 0 bridgehead atoms. The highest BCUT2D eigenvalue weighted by Crippen LogP contribution is 2.23. The van der Waals surface area contributed by atoms with Crippen LogP contribution in [-0.2, 0) is 16.0 Å². The van der Waals surface area contributed by atoms with Gasteiger partial charge < -0.3 is 18.4 Å². The molecule has 1 aromatic carbocycles. The van der Waals surface area contributed by atoms with E-state index in [1.54, 1.807) is 13.4 Å². The Bertz CT molecular complexity index is 1230. The minimum Gasteiger partial charge on any atom is -0.454 e. The zero-order valence-electron chi connectivity index (χ0n) is 17.9. The number of aryl methyl sites for hydroxylation is 1. The van der Waals surface area contributed by atoms with Gasteiger partial charge in [0, 0.05) is 36.9 Å². The predicted octanol–water partition coefficient (Wildman–Crippen LogP) is 4.96. The first-order valence-corrected chi connectivity index (χ1v) is 10.1. The van der Waals surface area contributed by atoms with Crippen molar-refractivity contribution in [1.82, 2.24) is 9.38 Å². The molecule has 0 N–H and O–H groups in total. The number of hydrogen-bond donors (Lipinski definition) is 0. The van der Waals surface area contributed by atoms with Crippen LogP contribution in [0.1, 0.15) is 32.8 Å². The van der Waals surface area contributed by atoms with Crippen LogP contribution in [0.25, 0.3) is 27.9 Å². The molecule has 156 valence electrons. The van der Waals surface area contributed by atoms with E-state index in [2.05, 4.69) is 22.3 Å². The van der Waals surface area contributed by atoms with Crippen LogP contribution in [0.5, 0.6) is 0 Å². The summed E-state index contributed by atoms with van der Waals surface area (Å²) in [5.41, 5.74) is 3.37. The number of methoxy groups -OCH3 is 1. The van der Waals surface area contributed by atoms with Gasteiger partial charge in [-0.05, 0) is 69.5 Å². The Kier molecular flexibility index (Phi) is 5.59. The number of nitrogens with zero attached hydrogens (tertiary/aromatic N) is 3.